The summed E-state index contributed by atoms with van der Waals surface area (Å²) < 4.78 is 6.00. The number of urea groups is 1. The first-order valence-corrected chi connectivity index (χ1v) is 23.0. The third-order valence-corrected chi connectivity index (χ3v) is 18.7. The molecular formula is C41H67N5O6S. The van der Waals surface area contributed by atoms with E-state index in [2.05, 4.69) is 49.0 Å². The van der Waals surface area contributed by atoms with Gasteiger partial charge in [-0.25, -0.2) is 4.79 Å². The average Bonchev–Trinajstić information content (AvgIpc) is 4.07. The van der Waals surface area contributed by atoms with Crippen LogP contribution in [0.3, 0.4) is 0 Å². The number of hydrogen-bond donors (Lipinski definition) is 4. The number of amides is 5. The highest BCUT2D eigenvalue weighted by Crippen LogP contribution is 2.78. The third-order valence-electron chi connectivity index (χ3n) is 14.3. The van der Waals surface area contributed by atoms with Crippen LogP contribution in [0, 0.1) is 23.2 Å². The van der Waals surface area contributed by atoms with Crippen LogP contribution in [0.15, 0.2) is 0 Å². The number of rotatable bonds is 14. The van der Waals surface area contributed by atoms with Crippen molar-refractivity contribution in [2.45, 2.75) is 190 Å². The third kappa shape index (κ3) is 8.15. The molecule has 3 unspecified atom stereocenters. The standard InChI is InChI=1S/C41H67N5O6S/c1-5-12-29(23-32(48)42-28-15-16-28)43-36(49)35-30-17-20-40(21-22-40)31(30)24-46(35)37(50)34(27-13-8-6-9-14-27)44-38(51)45-41(18-10-7-11-19-41)26-53(39(2,3)4)33(25-47)52-53/h25,27-31,33-35H,5-24,26H2,1-4H3,(H,42,48)(H,43,49)(H2,44,45,51)/t29?,30-,31-,33?,34-,35-/m0/s1. The van der Waals surface area contributed by atoms with Gasteiger partial charge >= 0.3 is 6.03 Å². The number of hydrogen-bond acceptors (Lipinski definition) is 6. The van der Waals surface area contributed by atoms with E-state index >= 15 is 4.79 Å². The largest absolute Gasteiger partial charge is 0.353 e. The van der Waals surface area contributed by atoms with Crippen molar-refractivity contribution in [3.05, 3.63) is 0 Å². The van der Waals surface area contributed by atoms with Crippen molar-refractivity contribution in [3.8, 4) is 0 Å². The maximum atomic E-state index is 15.1. The van der Waals surface area contributed by atoms with E-state index < -0.39 is 33.4 Å². The van der Waals surface area contributed by atoms with Gasteiger partial charge in [-0.05, 0) is 93.8 Å². The monoisotopic (exact) mass is 757 g/mol. The Morgan fingerprint density at radius 3 is 2.21 bits per heavy atom. The second kappa shape index (κ2) is 15.3. The van der Waals surface area contributed by atoms with Crippen LogP contribution in [0.2, 0.25) is 0 Å². The van der Waals surface area contributed by atoms with E-state index in [1.165, 1.54) is 0 Å². The lowest BCUT2D eigenvalue weighted by molar-refractivity contribution is -0.142. The van der Waals surface area contributed by atoms with Gasteiger partial charge in [-0.2, -0.15) is 0 Å². The highest BCUT2D eigenvalue weighted by atomic mass is 32.3. The van der Waals surface area contributed by atoms with Crippen LogP contribution in [0.1, 0.15) is 150 Å². The van der Waals surface area contributed by atoms with E-state index in [4.69, 9.17) is 4.18 Å². The second-order valence-corrected chi connectivity index (χ2v) is 22.7. The molecule has 2 saturated heterocycles. The number of likely N-dealkylation sites (tertiary alicyclic amines) is 1. The molecule has 7 rings (SSSR count). The van der Waals surface area contributed by atoms with Gasteiger partial charge in [0.25, 0.3) is 0 Å². The Morgan fingerprint density at radius 2 is 1.60 bits per heavy atom. The van der Waals surface area contributed by atoms with Gasteiger partial charge in [0, 0.05) is 35.5 Å². The molecule has 5 saturated carbocycles. The molecule has 2 aliphatic heterocycles. The molecule has 298 valence electrons. The molecule has 5 amide bonds. The highest BCUT2D eigenvalue weighted by molar-refractivity contribution is 8.36. The number of fused-ring (bicyclic) bond motifs is 2. The lowest BCUT2D eigenvalue weighted by atomic mass is 9.82. The molecule has 7 fully saturated rings. The molecule has 0 aromatic rings. The van der Waals surface area contributed by atoms with Gasteiger partial charge < -0.3 is 30.4 Å². The summed E-state index contributed by atoms with van der Waals surface area (Å²) in [4.78, 5) is 70.5. The SMILES string of the molecule is CCCC(CC(=O)NC1CC1)NC(=O)[C@@H]1[C@H]2CCC3(CC3)[C@H]2CN1C(=O)[C@@H](NC(=O)NC1(CS2(C(C)(C)C)OC2C=O)CCCCC1)C1CCCCC1. The van der Waals surface area contributed by atoms with Crippen molar-refractivity contribution >= 4 is 40.3 Å². The van der Waals surface area contributed by atoms with Crippen molar-refractivity contribution in [2.75, 3.05) is 12.3 Å². The van der Waals surface area contributed by atoms with Crippen molar-refractivity contribution in [3.63, 3.8) is 0 Å². The van der Waals surface area contributed by atoms with E-state index in [0.29, 0.717) is 18.7 Å². The Labute approximate surface area is 318 Å². The van der Waals surface area contributed by atoms with Gasteiger partial charge in [-0.15, -0.1) is 0 Å². The Balaban J connectivity index is 1.11. The molecule has 11 nitrogen and oxygen atoms in total. The number of carbonyl (C=O) groups is 5. The fraction of sp³-hybridized carbons (Fsp3) is 0.878. The van der Waals surface area contributed by atoms with Crippen molar-refractivity contribution in [1.29, 1.82) is 0 Å². The minimum atomic E-state index is -1.73. The first-order valence-electron chi connectivity index (χ1n) is 21.2. The summed E-state index contributed by atoms with van der Waals surface area (Å²) in [7, 11) is -1.73. The molecule has 53 heavy (non-hydrogen) atoms. The van der Waals surface area contributed by atoms with Gasteiger partial charge in [0.15, 0.2) is 11.7 Å². The molecule has 0 aromatic heterocycles. The van der Waals surface area contributed by atoms with Crippen LogP contribution in [-0.4, -0.2) is 87.1 Å². The minimum absolute atomic E-state index is 0.0000501. The molecular weight excluding hydrogens is 691 g/mol. The number of nitrogens with one attached hydrogen (secondary N) is 4. The predicted octanol–water partition coefficient (Wildman–Crippen LogP) is 5.98. The van der Waals surface area contributed by atoms with Crippen LogP contribution in [0.4, 0.5) is 4.79 Å². The van der Waals surface area contributed by atoms with Crippen molar-refractivity contribution in [1.82, 2.24) is 26.2 Å². The van der Waals surface area contributed by atoms with Gasteiger partial charge in [-0.3, -0.25) is 19.2 Å². The first kappa shape index (κ1) is 38.9. The molecule has 2 heterocycles. The van der Waals surface area contributed by atoms with E-state index in [-0.39, 0.29) is 70.2 Å². The normalized spacial score (nSPS) is 33.8. The van der Waals surface area contributed by atoms with Crippen LogP contribution in [0.5, 0.6) is 0 Å². The van der Waals surface area contributed by atoms with E-state index in [1.807, 2.05) is 4.90 Å². The molecule has 0 bridgehead atoms. The summed E-state index contributed by atoms with van der Waals surface area (Å²) in [6, 6.07) is -1.66. The van der Waals surface area contributed by atoms with Crippen LogP contribution >= 0.6 is 10.3 Å². The summed E-state index contributed by atoms with van der Waals surface area (Å²) >= 11 is 0. The zero-order chi connectivity index (χ0) is 37.6. The second-order valence-electron chi connectivity index (χ2n) is 19.0. The molecule has 5 aliphatic carbocycles. The molecule has 0 radical (unpaired) electrons. The minimum Gasteiger partial charge on any atom is -0.353 e. The Morgan fingerprint density at radius 1 is 0.906 bits per heavy atom. The maximum absolute atomic E-state index is 15.1. The van der Waals surface area contributed by atoms with Gasteiger partial charge in [0.05, 0.1) is 5.54 Å². The Bertz CT molecular complexity index is 1400. The maximum Gasteiger partial charge on any atom is 0.315 e. The summed E-state index contributed by atoms with van der Waals surface area (Å²) in [5.41, 5.74) is -0.673. The molecule has 12 heteroatoms. The average molecular weight is 758 g/mol. The van der Waals surface area contributed by atoms with Crippen LogP contribution in [-0.2, 0) is 23.4 Å². The number of aldehydes is 1. The van der Waals surface area contributed by atoms with Crippen LogP contribution < -0.4 is 21.3 Å². The fourth-order valence-electron chi connectivity index (χ4n) is 11.0. The zero-order valence-corrected chi connectivity index (χ0v) is 33.7. The number of carbonyl (C=O) groups excluding carboxylic acids is 5. The van der Waals surface area contributed by atoms with Gasteiger partial charge in [0.1, 0.15) is 12.1 Å². The highest BCUT2D eigenvalue weighted by Gasteiger charge is 2.64. The molecule has 7 aliphatic rings. The fourth-order valence-corrected chi connectivity index (χ4v) is 14.6. The Kier molecular flexibility index (Phi) is 11.2. The first-order chi connectivity index (χ1) is 25.3. The Hall–Kier alpha value is -2.34. The topological polar surface area (TPSA) is 149 Å². The molecule has 7 atom stereocenters. The lowest BCUT2D eigenvalue weighted by Gasteiger charge is -2.45. The zero-order valence-electron chi connectivity index (χ0n) is 32.9. The van der Waals surface area contributed by atoms with Crippen LogP contribution in [0.25, 0.3) is 0 Å². The molecule has 4 N–H and O–H groups in total. The van der Waals surface area contributed by atoms with Crippen molar-refractivity contribution < 1.29 is 28.2 Å². The lowest BCUT2D eigenvalue weighted by Crippen LogP contribution is -2.62. The molecule has 0 aromatic carbocycles. The smallest absolute Gasteiger partial charge is 0.315 e. The quantitative estimate of drug-likeness (QED) is 0.127. The van der Waals surface area contributed by atoms with Crippen molar-refractivity contribution in [2.24, 2.45) is 23.2 Å². The van der Waals surface area contributed by atoms with Gasteiger partial charge in [-0.1, -0.05) is 82.9 Å². The van der Waals surface area contributed by atoms with Gasteiger partial charge in [0.2, 0.25) is 17.7 Å². The summed E-state index contributed by atoms with van der Waals surface area (Å²) in [6.45, 7) is 9.03. The predicted molar refractivity (Wildman–Crippen MR) is 207 cm³/mol. The summed E-state index contributed by atoms with van der Waals surface area (Å²) in [5, 5.41) is 13.0. The summed E-state index contributed by atoms with van der Waals surface area (Å²) in [6.07, 6.45) is 18.7. The number of nitrogens with zero attached hydrogens (tertiary/aromatic N) is 1. The van der Waals surface area contributed by atoms with E-state index in [9.17, 15) is 19.2 Å². The summed E-state index contributed by atoms with van der Waals surface area (Å²) in [5.74, 6) is 0.735. The molecule has 1 spiro atoms. The van der Waals surface area contributed by atoms with E-state index in [1.54, 1.807) is 0 Å². The van der Waals surface area contributed by atoms with E-state index in [0.717, 1.165) is 115 Å².